The largest absolute Gasteiger partial charge is 0.394 e. The zero-order chi connectivity index (χ0) is 15.8. The predicted octanol–water partition coefficient (Wildman–Crippen LogP) is 2.37. The van der Waals surface area contributed by atoms with E-state index in [1.165, 1.54) is 5.56 Å². The number of hydrogen-bond acceptors (Lipinski definition) is 3. The van der Waals surface area contributed by atoms with Crippen LogP contribution in [0.5, 0.6) is 0 Å². The highest BCUT2D eigenvalue weighted by Gasteiger charge is 2.11. The van der Waals surface area contributed by atoms with Crippen LogP contribution in [0, 0.1) is 0 Å². The fourth-order valence-electron chi connectivity index (χ4n) is 2.17. The second kappa shape index (κ2) is 8.29. The summed E-state index contributed by atoms with van der Waals surface area (Å²) in [5.41, 5.74) is 2.77. The number of aliphatic hydroxyl groups is 1. The Morgan fingerprint density at radius 1 is 1.18 bits per heavy atom. The van der Waals surface area contributed by atoms with Crippen LogP contribution in [0.1, 0.15) is 35.0 Å². The zero-order valence-corrected chi connectivity index (χ0v) is 12.8. The van der Waals surface area contributed by atoms with Gasteiger partial charge in [-0.15, -0.1) is 0 Å². The van der Waals surface area contributed by atoms with Crippen LogP contribution in [0.3, 0.4) is 0 Å². The SMILES string of the molecule is CCC(CO)NC(=O)c1ccc(CCc2ccccc2)nc1. The van der Waals surface area contributed by atoms with Gasteiger partial charge in [0, 0.05) is 11.9 Å². The highest BCUT2D eigenvalue weighted by molar-refractivity contribution is 5.94. The molecule has 0 bridgehead atoms. The van der Waals surface area contributed by atoms with Gasteiger partial charge in [-0.05, 0) is 37.0 Å². The summed E-state index contributed by atoms with van der Waals surface area (Å²) in [6.45, 7) is 1.87. The minimum atomic E-state index is -0.203. The Morgan fingerprint density at radius 3 is 2.55 bits per heavy atom. The molecule has 1 unspecified atom stereocenters. The third-order valence-electron chi connectivity index (χ3n) is 3.65. The molecule has 22 heavy (non-hydrogen) atoms. The van der Waals surface area contributed by atoms with Gasteiger partial charge in [-0.2, -0.15) is 0 Å². The molecule has 0 aliphatic heterocycles. The van der Waals surface area contributed by atoms with Gasteiger partial charge in [0.1, 0.15) is 0 Å². The molecule has 4 heteroatoms. The maximum absolute atomic E-state index is 12.0. The maximum Gasteiger partial charge on any atom is 0.253 e. The third-order valence-corrected chi connectivity index (χ3v) is 3.65. The van der Waals surface area contributed by atoms with E-state index in [0.29, 0.717) is 12.0 Å². The lowest BCUT2D eigenvalue weighted by Crippen LogP contribution is -2.36. The fourth-order valence-corrected chi connectivity index (χ4v) is 2.17. The summed E-state index contributed by atoms with van der Waals surface area (Å²) >= 11 is 0. The number of rotatable bonds is 7. The first-order valence-electron chi connectivity index (χ1n) is 7.63. The first-order valence-corrected chi connectivity index (χ1v) is 7.63. The van der Waals surface area contributed by atoms with Crippen LogP contribution >= 0.6 is 0 Å². The molecule has 0 aliphatic rings. The van der Waals surface area contributed by atoms with E-state index in [9.17, 15) is 4.79 Å². The van der Waals surface area contributed by atoms with Gasteiger partial charge in [-0.3, -0.25) is 9.78 Å². The number of benzene rings is 1. The Hall–Kier alpha value is -2.20. The molecule has 0 radical (unpaired) electrons. The Labute approximate surface area is 131 Å². The smallest absolute Gasteiger partial charge is 0.253 e. The maximum atomic E-state index is 12.0. The summed E-state index contributed by atoms with van der Waals surface area (Å²) in [5, 5.41) is 11.9. The van der Waals surface area contributed by atoms with Crippen LogP contribution in [0.25, 0.3) is 0 Å². The number of nitrogens with one attached hydrogen (secondary N) is 1. The summed E-state index contributed by atoms with van der Waals surface area (Å²) in [7, 11) is 0. The second-order valence-corrected chi connectivity index (χ2v) is 5.29. The molecule has 0 spiro atoms. The topological polar surface area (TPSA) is 62.2 Å². The van der Waals surface area contributed by atoms with E-state index in [4.69, 9.17) is 5.11 Å². The van der Waals surface area contributed by atoms with Gasteiger partial charge in [0.05, 0.1) is 18.2 Å². The number of carbonyl (C=O) groups is 1. The van der Waals surface area contributed by atoms with E-state index in [0.717, 1.165) is 18.5 Å². The summed E-state index contributed by atoms with van der Waals surface area (Å²) in [4.78, 5) is 16.4. The Bertz CT molecular complexity index is 578. The molecular weight excluding hydrogens is 276 g/mol. The summed E-state index contributed by atoms with van der Waals surface area (Å²) in [6, 6.07) is 13.7. The fraction of sp³-hybridized carbons (Fsp3) is 0.333. The Morgan fingerprint density at radius 2 is 1.95 bits per heavy atom. The molecule has 2 N–H and O–H groups in total. The Kier molecular flexibility index (Phi) is 6.10. The molecule has 0 saturated heterocycles. The van der Waals surface area contributed by atoms with Gasteiger partial charge in [0.25, 0.3) is 5.91 Å². The number of aromatic nitrogens is 1. The van der Waals surface area contributed by atoms with Crippen molar-refractivity contribution >= 4 is 5.91 Å². The van der Waals surface area contributed by atoms with Crippen molar-refractivity contribution in [3.05, 3.63) is 65.5 Å². The quantitative estimate of drug-likeness (QED) is 0.825. The summed E-state index contributed by atoms with van der Waals surface area (Å²) in [5.74, 6) is -0.192. The number of hydrogen-bond donors (Lipinski definition) is 2. The zero-order valence-electron chi connectivity index (χ0n) is 12.8. The molecule has 2 rings (SSSR count). The van der Waals surface area contributed by atoms with Gasteiger partial charge in [0.2, 0.25) is 0 Å². The molecule has 4 nitrogen and oxygen atoms in total. The van der Waals surface area contributed by atoms with Crippen LogP contribution < -0.4 is 5.32 Å². The minimum Gasteiger partial charge on any atom is -0.394 e. The molecule has 1 heterocycles. The van der Waals surface area contributed by atoms with Gasteiger partial charge in [0.15, 0.2) is 0 Å². The van der Waals surface area contributed by atoms with Crippen molar-refractivity contribution in [1.82, 2.24) is 10.3 Å². The summed E-state index contributed by atoms with van der Waals surface area (Å²) < 4.78 is 0. The number of amides is 1. The average molecular weight is 298 g/mol. The molecule has 0 aliphatic carbocycles. The standard InChI is InChI=1S/C18H22N2O2/c1-2-16(13-21)20-18(22)15-9-11-17(19-12-15)10-8-14-6-4-3-5-7-14/h3-7,9,11-12,16,21H,2,8,10,13H2,1H3,(H,20,22). The van der Waals surface area contributed by atoms with E-state index < -0.39 is 0 Å². The van der Waals surface area contributed by atoms with Crippen LogP contribution in [0.15, 0.2) is 48.7 Å². The highest BCUT2D eigenvalue weighted by atomic mass is 16.3. The lowest BCUT2D eigenvalue weighted by Gasteiger charge is -2.13. The minimum absolute atomic E-state index is 0.0508. The molecular formula is C18H22N2O2. The van der Waals surface area contributed by atoms with E-state index in [2.05, 4.69) is 22.4 Å². The average Bonchev–Trinajstić information content (AvgIpc) is 2.59. The van der Waals surface area contributed by atoms with Crippen LogP contribution in [0.2, 0.25) is 0 Å². The number of pyridine rings is 1. The lowest BCUT2D eigenvalue weighted by molar-refractivity contribution is 0.0914. The normalized spacial score (nSPS) is 11.9. The second-order valence-electron chi connectivity index (χ2n) is 5.29. The van der Waals surface area contributed by atoms with Crippen molar-refractivity contribution in [3.63, 3.8) is 0 Å². The van der Waals surface area contributed by atoms with E-state index in [1.54, 1.807) is 12.3 Å². The highest BCUT2D eigenvalue weighted by Crippen LogP contribution is 2.07. The summed E-state index contributed by atoms with van der Waals surface area (Å²) in [6.07, 6.45) is 4.08. The first kappa shape index (κ1) is 16.2. The van der Waals surface area contributed by atoms with Crippen molar-refractivity contribution in [2.45, 2.75) is 32.2 Å². The van der Waals surface area contributed by atoms with Gasteiger partial charge < -0.3 is 10.4 Å². The van der Waals surface area contributed by atoms with Gasteiger partial charge in [-0.1, -0.05) is 37.3 Å². The molecule has 0 fully saturated rings. The van der Waals surface area contributed by atoms with Crippen molar-refractivity contribution in [2.24, 2.45) is 0 Å². The number of nitrogens with zero attached hydrogens (tertiary/aromatic N) is 1. The van der Waals surface area contributed by atoms with E-state index in [-0.39, 0.29) is 18.6 Å². The van der Waals surface area contributed by atoms with E-state index >= 15 is 0 Å². The van der Waals surface area contributed by atoms with Crippen LogP contribution in [-0.4, -0.2) is 28.6 Å². The third kappa shape index (κ3) is 4.67. The number of aryl methyl sites for hydroxylation is 2. The molecule has 2 aromatic rings. The van der Waals surface area contributed by atoms with Crippen molar-refractivity contribution < 1.29 is 9.90 Å². The Balaban J connectivity index is 1.91. The molecule has 0 saturated carbocycles. The predicted molar refractivity (Wildman–Crippen MR) is 86.7 cm³/mol. The number of aliphatic hydroxyl groups excluding tert-OH is 1. The molecule has 1 atom stereocenters. The van der Waals surface area contributed by atoms with Crippen molar-refractivity contribution in [3.8, 4) is 0 Å². The molecule has 1 aromatic heterocycles. The molecule has 1 aromatic carbocycles. The monoisotopic (exact) mass is 298 g/mol. The van der Waals surface area contributed by atoms with Crippen LogP contribution in [-0.2, 0) is 12.8 Å². The van der Waals surface area contributed by atoms with Crippen molar-refractivity contribution in [1.29, 1.82) is 0 Å². The molecule has 1 amide bonds. The van der Waals surface area contributed by atoms with Gasteiger partial charge >= 0.3 is 0 Å². The van der Waals surface area contributed by atoms with Gasteiger partial charge in [-0.25, -0.2) is 0 Å². The molecule has 116 valence electrons. The van der Waals surface area contributed by atoms with Crippen LogP contribution in [0.4, 0.5) is 0 Å². The lowest BCUT2D eigenvalue weighted by atomic mass is 10.1. The number of carbonyl (C=O) groups excluding carboxylic acids is 1. The first-order chi connectivity index (χ1) is 10.7. The van der Waals surface area contributed by atoms with E-state index in [1.807, 2.05) is 31.2 Å². The van der Waals surface area contributed by atoms with Crippen molar-refractivity contribution in [2.75, 3.05) is 6.61 Å².